The van der Waals surface area contributed by atoms with Gasteiger partial charge in [-0.25, -0.2) is 0 Å². The largest absolute Gasteiger partial charge is 0.288 e. The predicted octanol–water partition coefficient (Wildman–Crippen LogP) is 4.65. The van der Waals surface area contributed by atoms with E-state index < -0.39 is 4.92 Å². The molecule has 0 atom stereocenters. The molecule has 0 spiro atoms. The van der Waals surface area contributed by atoms with Crippen molar-refractivity contribution in [2.75, 3.05) is 4.90 Å². The van der Waals surface area contributed by atoms with Gasteiger partial charge in [-0.15, -0.1) is 0 Å². The first-order valence-electron chi connectivity index (χ1n) is 6.74. The van der Waals surface area contributed by atoms with Crippen LogP contribution < -0.4 is 4.90 Å². The summed E-state index contributed by atoms with van der Waals surface area (Å²) in [6.07, 6.45) is 1.57. The van der Waals surface area contributed by atoms with E-state index in [0.29, 0.717) is 20.5 Å². The van der Waals surface area contributed by atoms with E-state index in [1.54, 1.807) is 24.3 Å². The number of amides is 1. The Morgan fingerprint density at radius 1 is 1.21 bits per heavy atom. The van der Waals surface area contributed by atoms with Gasteiger partial charge < -0.3 is 0 Å². The van der Waals surface area contributed by atoms with Gasteiger partial charge in [0.05, 0.1) is 15.5 Å². The first-order valence-corrected chi connectivity index (χ1v) is 8.34. The van der Waals surface area contributed by atoms with Gasteiger partial charge in [0, 0.05) is 6.07 Å². The lowest BCUT2D eigenvalue weighted by molar-refractivity contribution is -0.384. The Morgan fingerprint density at radius 2 is 1.92 bits per heavy atom. The molecule has 1 amide bonds. The quantitative estimate of drug-likeness (QED) is 0.337. The van der Waals surface area contributed by atoms with E-state index in [1.807, 2.05) is 18.2 Å². The van der Waals surface area contributed by atoms with Crippen molar-refractivity contribution in [3.8, 4) is 0 Å². The fourth-order valence-electron chi connectivity index (χ4n) is 2.18. The van der Waals surface area contributed by atoms with Gasteiger partial charge in [-0.3, -0.25) is 19.8 Å². The molecule has 5 nitrogen and oxygen atoms in total. The third-order valence-electron chi connectivity index (χ3n) is 3.27. The van der Waals surface area contributed by atoms with Crippen LogP contribution in [0.3, 0.4) is 0 Å². The highest BCUT2D eigenvalue weighted by Crippen LogP contribution is 2.36. The van der Waals surface area contributed by atoms with Crippen molar-refractivity contribution >= 4 is 63.3 Å². The van der Waals surface area contributed by atoms with Crippen LogP contribution in [0.1, 0.15) is 5.56 Å². The summed E-state index contributed by atoms with van der Waals surface area (Å²) in [5.41, 5.74) is 0.995. The van der Waals surface area contributed by atoms with Crippen LogP contribution in [0.25, 0.3) is 6.08 Å². The lowest BCUT2D eigenvalue weighted by atomic mass is 10.2. The van der Waals surface area contributed by atoms with E-state index in [-0.39, 0.29) is 16.6 Å². The Kier molecular flexibility index (Phi) is 4.66. The number of halogens is 1. The number of hydrogen-bond acceptors (Lipinski definition) is 5. The standard InChI is InChI=1S/C16H9ClN2O3S2/c17-12-7-6-10(8-13(12)19(21)22)9-14-15(20)18(16(23)24-14)11-4-2-1-3-5-11/h1-9H/b14-9-. The van der Waals surface area contributed by atoms with Crippen molar-refractivity contribution in [2.24, 2.45) is 0 Å². The molecule has 24 heavy (non-hydrogen) atoms. The number of nitro benzene ring substituents is 1. The van der Waals surface area contributed by atoms with Crippen molar-refractivity contribution < 1.29 is 9.72 Å². The third kappa shape index (κ3) is 3.19. The maximum Gasteiger partial charge on any atom is 0.288 e. The Hall–Kier alpha value is -2.22. The minimum Gasteiger partial charge on any atom is -0.268 e. The summed E-state index contributed by atoms with van der Waals surface area (Å²) in [7, 11) is 0. The summed E-state index contributed by atoms with van der Waals surface area (Å²) >= 11 is 12.2. The molecule has 0 unspecified atom stereocenters. The van der Waals surface area contributed by atoms with Crippen LogP contribution in [0.15, 0.2) is 53.4 Å². The van der Waals surface area contributed by atoms with Crippen LogP contribution in [0.4, 0.5) is 11.4 Å². The van der Waals surface area contributed by atoms with Crippen LogP contribution in [-0.2, 0) is 4.79 Å². The first kappa shape index (κ1) is 16.6. The molecular formula is C16H9ClN2O3S2. The minimum absolute atomic E-state index is 0.0500. The number of rotatable bonds is 3. The zero-order chi connectivity index (χ0) is 17.3. The highest BCUT2D eigenvalue weighted by atomic mass is 35.5. The first-order chi connectivity index (χ1) is 11.5. The Morgan fingerprint density at radius 3 is 2.58 bits per heavy atom. The fourth-order valence-corrected chi connectivity index (χ4v) is 3.66. The number of anilines is 1. The molecule has 1 aliphatic rings. The topological polar surface area (TPSA) is 63.4 Å². The number of carbonyl (C=O) groups is 1. The van der Waals surface area contributed by atoms with Gasteiger partial charge in [-0.05, 0) is 29.8 Å². The maximum absolute atomic E-state index is 12.6. The van der Waals surface area contributed by atoms with Crippen molar-refractivity contribution in [2.45, 2.75) is 0 Å². The highest BCUT2D eigenvalue weighted by molar-refractivity contribution is 8.27. The molecule has 0 saturated carbocycles. The summed E-state index contributed by atoms with van der Waals surface area (Å²) in [6.45, 7) is 0. The van der Waals surface area contributed by atoms with E-state index in [1.165, 1.54) is 17.0 Å². The van der Waals surface area contributed by atoms with Gasteiger partial charge in [-0.2, -0.15) is 0 Å². The molecule has 0 aromatic heterocycles. The van der Waals surface area contributed by atoms with Crippen molar-refractivity contribution in [1.82, 2.24) is 0 Å². The molecule has 2 aromatic rings. The van der Waals surface area contributed by atoms with Crippen LogP contribution in [0, 0.1) is 10.1 Å². The van der Waals surface area contributed by atoms with Gasteiger partial charge in [0.25, 0.3) is 11.6 Å². The molecule has 2 aromatic carbocycles. The van der Waals surface area contributed by atoms with Crippen molar-refractivity contribution in [3.05, 3.63) is 74.1 Å². The lowest BCUT2D eigenvalue weighted by Crippen LogP contribution is -2.27. The normalized spacial score (nSPS) is 16.0. The third-order valence-corrected chi connectivity index (χ3v) is 4.89. The molecule has 0 aliphatic carbocycles. The smallest absolute Gasteiger partial charge is 0.268 e. The van der Waals surface area contributed by atoms with Crippen LogP contribution in [-0.4, -0.2) is 15.2 Å². The molecule has 1 saturated heterocycles. The molecule has 3 rings (SSSR count). The Labute approximate surface area is 152 Å². The summed E-state index contributed by atoms with van der Waals surface area (Å²) in [5.74, 6) is -0.256. The Balaban J connectivity index is 1.95. The van der Waals surface area contributed by atoms with Crippen LogP contribution >= 0.6 is 35.6 Å². The number of carbonyl (C=O) groups excluding carboxylic acids is 1. The number of thiocarbonyl (C=S) groups is 1. The van der Waals surface area contributed by atoms with Gasteiger partial charge in [-0.1, -0.05) is 59.8 Å². The molecule has 120 valence electrons. The van der Waals surface area contributed by atoms with E-state index in [9.17, 15) is 14.9 Å². The van der Waals surface area contributed by atoms with Gasteiger partial charge in [0.1, 0.15) is 5.02 Å². The average molecular weight is 377 g/mol. The second-order valence-electron chi connectivity index (χ2n) is 4.82. The number of benzene rings is 2. The number of thioether (sulfide) groups is 1. The molecule has 8 heteroatoms. The summed E-state index contributed by atoms with van der Waals surface area (Å²) in [6, 6.07) is 13.5. The van der Waals surface area contributed by atoms with Gasteiger partial charge in [0.15, 0.2) is 4.32 Å². The highest BCUT2D eigenvalue weighted by Gasteiger charge is 2.33. The number of nitrogens with zero attached hydrogens (tertiary/aromatic N) is 2. The number of nitro groups is 1. The van der Waals surface area contributed by atoms with Crippen molar-refractivity contribution in [3.63, 3.8) is 0 Å². The minimum atomic E-state index is -0.561. The van der Waals surface area contributed by atoms with Crippen molar-refractivity contribution in [1.29, 1.82) is 0 Å². The lowest BCUT2D eigenvalue weighted by Gasteiger charge is -2.13. The summed E-state index contributed by atoms with van der Waals surface area (Å²) in [4.78, 5) is 24.8. The Bertz CT molecular complexity index is 884. The molecule has 0 N–H and O–H groups in total. The van der Waals surface area contributed by atoms with E-state index in [2.05, 4.69) is 0 Å². The van der Waals surface area contributed by atoms with E-state index in [4.69, 9.17) is 23.8 Å². The van der Waals surface area contributed by atoms with Crippen LogP contribution in [0.2, 0.25) is 5.02 Å². The summed E-state index contributed by atoms with van der Waals surface area (Å²) < 4.78 is 0.418. The summed E-state index contributed by atoms with van der Waals surface area (Å²) in [5, 5.41) is 11.0. The van der Waals surface area contributed by atoms with Crippen LogP contribution in [0.5, 0.6) is 0 Å². The van der Waals surface area contributed by atoms with E-state index >= 15 is 0 Å². The zero-order valence-electron chi connectivity index (χ0n) is 12.0. The predicted molar refractivity (Wildman–Crippen MR) is 100 cm³/mol. The maximum atomic E-state index is 12.6. The average Bonchev–Trinajstić information content (AvgIpc) is 2.83. The van der Waals surface area contributed by atoms with Gasteiger partial charge in [0.2, 0.25) is 0 Å². The molecule has 1 fully saturated rings. The second kappa shape index (κ2) is 6.72. The number of para-hydroxylation sites is 1. The number of hydrogen-bond donors (Lipinski definition) is 0. The monoisotopic (exact) mass is 376 g/mol. The molecule has 0 bridgehead atoms. The van der Waals surface area contributed by atoms with E-state index in [0.717, 1.165) is 11.8 Å². The second-order valence-corrected chi connectivity index (χ2v) is 6.90. The molecule has 1 heterocycles. The molecular weight excluding hydrogens is 368 g/mol. The fraction of sp³-hybridized carbons (Fsp3) is 0. The molecule has 0 radical (unpaired) electrons. The van der Waals surface area contributed by atoms with Gasteiger partial charge >= 0.3 is 0 Å². The SMILES string of the molecule is O=C1/C(=C/c2ccc(Cl)c([N+](=O)[O-])c2)SC(=S)N1c1ccccc1. The molecule has 1 aliphatic heterocycles. The zero-order valence-corrected chi connectivity index (χ0v) is 14.4.